The van der Waals surface area contributed by atoms with Crippen LogP contribution in [0.2, 0.25) is 0 Å². The monoisotopic (exact) mass is 425 g/mol. The number of nitrogens with zero attached hydrogens (tertiary/aromatic N) is 1. The van der Waals surface area contributed by atoms with Crippen LogP contribution in [0.25, 0.3) is 0 Å². The summed E-state index contributed by atoms with van der Waals surface area (Å²) >= 11 is 0. The van der Waals surface area contributed by atoms with Gasteiger partial charge in [-0.1, -0.05) is 37.1 Å². The fraction of sp³-hybridized carbons (Fsp3) is 0.440. The molecule has 0 spiro atoms. The molecule has 31 heavy (non-hydrogen) atoms. The molecule has 2 aromatic carbocycles. The van der Waals surface area contributed by atoms with E-state index in [1.807, 2.05) is 38.1 Å². The third kappa shape index (κ3) is 4.44. The van der Waals surface area contributed by atoms with Crippen molar-refractivity contribution < 1.29 is 24.2 Å². The molecule has 0 fully saturated rings. The van der Waals surface area contributed by atoms with Gasteiger partial charge in [-0.2, -0.15) is 0 Å². The molecule has 1 N–H and O–H groups in total. The molecular weight excluding hydrogens is 394 g/mol. The maximum atomic E-state index is 13.4. The van der Waals surface area contributed by atoms with E-state index in [2.05, 4.69) is 6.92 Å². The number of hydrogen-bond acceptors (Lipinski definition) is 5. The van der Waals surface area contributed by atoms with Crippen LogP contribution in [0.5, 0.6) is 11.5 Å². The lowest BCUT2D eigenvalue weighted by atomic mass is 9.88. The average molecular weight is 426 g/mol. The summed E-state index contributed by atoms with van der Waals surface area (Å²) in [7, 11) is 1.58. The first kappa shape index (κ1) is 22.8. The number of benzene rings is 2. The van der Waals surface area contributed by atoms with Crippen molar-refractivity contribution in [3.63, 3.8) is 0 Å². The van der Waals surface area contributed by atoms with Crippen LogP contribution in [0.15, 0.2) is 30.3 Å². The number of methoxy groups -OCH3 is 1. The van der Waals surface area contributed by atoms with Crippen molar-refractivity contribution in [3.8, 4) is 11.5 Å². The number of rotatable bonds is 9. The molecule has 1 aliphatic rings. The highest BCUT2D eigenvalue weighted by Gasteiger charge is 2.51. The smallest absolute Gasteiger partial charge is 0.264 e. The summed E-state index contributed by atoms with van der Waals surface area (Å²) in [6.07, 6.45) is 1.75. The standard InChI is InChI=1S/C25H31NO5/c1-6-7-10-31-21-9-8-19(13-22(21)30-5)15-26-23-17(3)11-16(2)12-20(23)25(29,24(26)28)14-18(4)27/h8-9,11-13,29H,6-7,10,14-15H2,1-5H3. The van der Waals surface area contributed by atoms with Gasteiger partial charge in [0.15, 0.2) is 17.1 Å². The number of aryl methyl sites for hydroxylation is 2. The molecular formula is C25H31NO5. The van der Waals surface area contributed by atoms with E-state index in [9.17, 15) is 14.7 Å². The van der Waals surface area contributed by atoms with Gasteiger partial charge in [0, 0.05) is 12.0 Å². The molecule has 1 unspecified atom stereocenters. The van der Waals surface area contributed by atoms with Gasteiger partial charge in [0.05, 0.1) is 25.9 Å². The number of ether oxygens (including phenoxy) is 2. The lowest BCUT2D eigenvalue weighted by Crippen LogP contribution is -2.41. The van der Waals surface area contributed by atoms with Crippen LogP contribution in [-0.4, -0.2) is 30.5 Å². The molecule has 0 radical (unpaired) electrons. The lowest BCUT2D eigenvalue weighted by molar-refractivity contribution is -0.141. The van der Waals surface area contributed by atoms with Gasteiger partial charge in [-0.3, -0.25) is 9.59 Å². The van der Waals surface area contributed by atoms with E-state index in [4.69, 9.17) is 9.47 Å². The van der Waals surface area contributed by atoms with Crippen molar-refractivity contribution in [2.45, 2.75) is 59.1 Å². The minimum atomic E-state index is -1.84. The minimum Gasteiger partial charge on any atom is -0.493 e. The van der Waals surface area contributed by atoms with Crippen LogP contribution in [-0.2, 0) is 21.7 Å². The number of ketones is 1. The Morgan fingerprint density at radius 3 is 2.55 bits per heavy atom. The maximum absolute atomic E-state index is 13.4. The topological polar surface area (TPSA) is 76.1 Å². The summed E-state index contributed by atoms with van der Waals surface area (Å²) in [5.41, 5.74) is 1.98. The number of hydrogen-bond donors (Lipinski definition) is 1. The van der Waals surface area contributed by atoms with E-state index in [0.29, 0.717) is 29.4 Å². The van der Waals surface area contributed by atoms with Crippen molar-refractivity contribution in [2.75, 3.05) is 18.6 Å². The van der Waals surface area contributed by atoms with Crippen molar-refractivity contribution in [1.82, 2.24) is 0 Å². The van der Waals surface area contributed by atoms with Crippen LogP contribution in [0.3, 0.4) is 0 Å². The summed E-state index contributed by atoms with van der Waals surface area (Å²) in [5, 5.41) is 11.3. The summed E-state index contributed by atoms with van der Waals surface area (Å²) in [5.74, 6) is 0.541. The van der Waals surface area contributed by atoms with E-state index in [1.54, 1.807) is 18.1 Å². The summed E-state index contributed by atoms with van der Waals surface area (Å²) in [4.78, 5) is 26.8. The van der Waals surface area contributed by atoms with Gasteiger partial charge in [-0.15, -0.1) is 0 Å². The first-order valence-corrected chi connectivity index (χ1v) is 10.7. The number of aliphatic hydroxyl groups is 1. The molecule has 0 aliphatic carbocycles. The van der Waals surface area contributed by atoms with Gasteiger partial charge in [-0.25, -0.2) is 0 Å². The second-order valence-corrected chi connectivity index (χ2v) is 8.30. The van der Waals surface area contributed by atoms with Gasteiger partial charge >= 0.3 is 0 Å². The van der Waals surface area contributed by atoms with Gasteiger partial charge in [0.2, 0.25) is 0 Å². The molecule has 1 atom stereocenters. The molecule has 0 saturated heterocycles. The van der Waals surface area contributed by atoms with Crippen molar-refractivity contribution >= 4 is 17.4 Å². The Balaban J connectivity index is 1.97. The molecule has 0 bridgehead atoms. The van der Waals surface area contributed by atoms with E-state index in [0.717, 1.165) is 29.5 Å². The third-order valence-corrected chi connectivity index (χ3v) is 5.59. The molecule has 0 aromatic heterocycles. The Labute approximate surface area is 183 Å². The number of carbonyl (C=O) groups excluding carboxylic acids is 2. The minimum absolute atomic E-state index is 0.238. The van der Waals surface area contributed by atoms with Crippen molar-refractivity contribution in [2.24, 2.45) is 0 Å². The number of Topliss-reactive ketones (excluding diaryl/α,β-unsaturated/α-hetero) is 1. The zero-order valence-corrected chi connectivity index (χ0v) is 18.9. The first-order chi connectivity index (χ1) is 14.7. The maximum Gasteiger partial charge on any atom is 0.264 e. The Morgan fingerprint density at radius 2 is 1.90 bits per heavy atom. The first-order valence-electron chi connectivity index (χ1n) is 10.7. The van der Waals surface area contributed by atoms with Gasteiger partial charge in [0.25, 0.3) is 5.91 Å². The van der Waals surface area contributed by atoms with E-state index in [-0.39, 0.29) is 18.7 Å². The van der Waals surface area contributed by atoms with Crippen molar-refractivity contribution in [1.29, 1.82) is 0 Å². The highest BCUT2D eigenvalue weighted by Crippen LogP contribution is 2.46. The zero-order valence-electron chi connectivity index (χ0n) is 18.9. The van der Waals surface area contributed by atoms with Crippen LogP contribution >= 0.6 is 0 Å². The molecule has 1 aliphatic heterocycles. The van der Waals surface area contributed by atoms with Crippen LogP contribution in [0.4, 0.5) is 5.69 Å². The van der Waals surface area contributed by atoms with Gasteiger partial charge in [0.1, 0.15) is 5.78 Å². The predicted octanol–water partition coefficient (Wildman–Crippen LogP) is 4.20. The molecule has 3 rings (SSSR count). The van der Waals surface area contributed by atoms with Crippen LogP contribution in [0.1, 0.15) is 55.4 Å². The fourth-order valence-corrected chi connectivity index (χ4v) is 4.19. The number of carbonyl (C=O) groups is 2. The van der Waals surface area contributed by atoms with Gasteiger partial charge in [-0.05, 0) is 50.5 Å². The van der Waals surface area contributed by atoms with Gasteiger partial charge < -0.3 is 19.5 Å². The van der Waals surface area contributed by atoms with Crippen LogP contribution in [0, 0.1) is 13.8 Å². The Kier molecular flexibility index (Phi) is 6.70. The Morgan fingerprint density at radius 1 is 1.16 bits per heavy atom. The number of fused-ring (bicyclic) bond motifs is 1. The summed E-state index contributed by atoms with van der Waals surface area (Å²) in [6.45, 7) is 8.18. The SMILES string of the molecule is CCCCOc1ccc(CN2C(=O)C(O)(CC(C)=O)c3cc(C)cc(C)c32)cc1OC. The highest BCUT2D eigenvalue weighted by atomic mass is 16.5. The molecule has 1 heterocycles. The molecule has 6 nitrogen and oxygen atoms in total. The lowest BCUT2D eigenvalue weighted by Gasteiger charge is -2.23. The summed E-state index contributed by atoms with van der Waals surface area (Å²) in [6, 6.07) is 9.36. The summed E-state index contributed by atoms with van der Waals surface area (Å²) < 4.78 is 11.3. The molecule has 6 heteroatoms. The molecule has 1 amide bonds. The number of anilines is 1. The second-order valence-electron chi connectivity index (χ2n) is 8.30. The number of amides is 1. The largest absolute Gasteiger partial charge is 0.493 e. The normalized spacial score (nSPS) is 17.6. The third-order valence-electron chi connectivity index (χ3n) is 5.59. The number of unbranched alkanes of at least 4 members (excludes halogenated alkanes) is 1. The predicted molar refractivity (Wildman–Crippen MR) is 120 cm³/mol. The Bertz CT molecular complexity index is 1000. The van der Waals surface area contributed by atoms with Crippen molar-refractivity contribution in [3.05, 3.63) is 52.6 Å². The fourth-order valence-electron chi connectivity index (χ4n) is 4.19. The average Bonchev–Trinajstić information content (AvgIpc) is 2.90. The molecule has 0 saturated carbocycles. The molecule has 2 aromatic rings. The Hall–Kier alpha value is -2.86. The zero-order chi connectivity index (χ0) is 22.8. The highest BCUT2D eigenvalue weighted by molar-refractivity contribution is 6.09. The van der Waals surface area contributed by atoms with E-state index in [1.165, 1.54) is 6.92 Å². The van der Waals surface area contributed by atoms with Crippen LogP contribution < -0.4 is 14.4 Å². The second kappa shape index (κ2) is 9.10. The van der Waals surface area contributed by atoms with E-state index >= 15 is 0 Å². The van der Waals surface area contributed by atoms with E-state index < -0.39 is 11.5 Å². The molecule has 166 valence electrons. The quantitative estimate of drug-likeness (QED) is 0.609.